The molecule has 1 amide bonds. The molecule has 2 aromatic rings. The van der Waals surface area contributed by atoms with Gasteiger partial charge in [0.05, 0.1) is 6.04 Å². The topological polar surface area (TPSA) is 55.1 Å². The average Bonchev–Trinajstić information content (AvgIpc) is 2.97. The zero-order valence-corrected chi connectivity index (χ0v) is 13.3. The van der Waals surface area contributed by atoms with Crippen LogP contribution in [0.5, 0.6) is 0 Å². The van der Waals surface area contributed by atoms with Crippen LogP contribution in [0.25, 0.3) is 0 Å². The number of hydrogen-bond donors (Lipinski definition) is 2. The van der Waals surface area contributed by atoms with E-state index in [9.17, 15) is 4.79 Å². The number of anilines is 1. The number of carbonyl (C=O) groups excluding carboxylic acids is 1. The maximum atomic E-state index is 12.2. The zero-order chi connectivity index (χ0) is 15.2. The molecular weight excluding hydrogens is 280 g/mol. The Labute approximate surface area is 130 Å². The molecule has 0 aliphatic carbocycles. The molecule has 0 aliphatic heterocycles. The van der Waals surface area contributed by atoms with Crippen molar-refractivity contribution < 1.29 is 4.79 Å². The Morgan fingerprint density at radius 2 is 2.00 bits per heavy atom. The summed E-state index contributed by atoms with van der Waals surface area (Å²) >= 11 is 1.68. The SMILES string of the molecule is CC(C)C(NC(=O)CCc1ccccc1N)c1cccs1. The number of thiophene rings is 1. The summed E-state index contributed by atoms with van der Waals surface area (Å²) in [6.45, 7) is 4.25. The summed E-state index contributed by atoms with van der Waals surface area (Å²) in [6, 6.07) is 11.9. The van der Waals surface area contributed by atoms with E-state index in [-0.39, 0.29) is 11.9 Å². The Morgan fingerprint density at radius 3 is 2.62 bits per heavy atom. The van der Waals surface area contributed by atoms with Gasteiger partial charge in [-0.2, -0.15) is 0 Å². The highest BCUT2D eigenvalue weighted by Gasteiger charge is 2.19. The van der Waals surface area contributed by atoms with E-state index in [1.165, 1.54) is 4.88 Å². The fourth-order valence-corrected chi connectivity index (χ4v) is 3.24. The Kier molecular flexibility index (Phi) is 5.39. The van der Waals surface area contributed by atoms with Crippen molar-refractivity contribution >= 4 is 22.9 Å². The lowest BCUT2D eigenvalue weighted by Crippen LogP contribution is -2.31. The van der Waals surface area contributed by atoms with Gasteiger partial charge in [-0.3, -0.25) is 4.79 Å². The number of rotatable bonds is 6. The molecule has 1 aromatic carbocycles. The van der Waals surface area contributed by atoms with Gasteiger partial charge in [-0.15, -0.1) is 11.3 Å². The number of amides is 1. The third kappa shape index (κ3) is 4.33. The number of hydrogen-bond acceptors (Lipinski definition) is 3. The second-order valence-electron chi connectivity index (χ2n) is 5.50. The number of nitrogen functional groups attached to an aromatic ring is 1. The Hall–Kier alpha value is -1.81. The van der Waals surface area contributed by atoms with Crippen molar-refractivity contribution in [2.24, 2.45) is 5.92 Å². The lowest BCUT2D eigenvalue weighted by atomic mass is 10.0. The van der Waals surface area contributed by atoms with Gasteiger partial charge in [0.15, 0.2) is 0 Å². The minimum atomic E-state index is 0.0744. The van der Waals surface area contributed by atoms with Crippen molar-refractivity contribution in [3.63, 3.8) is 0 Å². The van der Waals surface area contributed by atoms with Crippen LogP contribution in [0, 0.1) is 5.92 Å². The van der Waals surface area contributed by atoms with E-state index in [4.69, 9.17) is 5.73 Å². The highest BCUT2D eigenvalue weighted by atomic mass is 32.1. The first kappa shape index (κ1) is 15.6. The molecule has 21 heavy (non-hydrogen) atoms. The second kappa shape index (κ2) is 7.27. The predicted molar refractivity (Wildman–Crippen MR) is 89.2 cm³/mol. The zero-order valence-electron chi connectivity index (χ0n) is 12.5. The number of nitrogens with one attached hydrogen (secondary N) is 1. The number of para-hydroxylation sites is 1. The van der Waals surface area contributed by atoms with Crippen LogP contribution in [-0.2, 0) is 11.2 Å². The molecule has 1 aromatic heterocycles. The number of nitrogens with two attached hydrogens (primary N) is 1. The van der Waals surface area contributed by atoms with Gasteiger partial charge in [-0.1, -0.05) is 38.1 Å². The van der Waals surface area contributed by atoms with Crippen LogP contribution in [0.4, 0.5) is 5.69 Å². The normalized spacial score (nSPS) is 12.3. The minimum absolute atomic E-state index is 0.0744. The molecule has 1 heterocycles. The second-order valence-corrected chi connectivity index (χ2v) is 6.48. The van der Waals surface area contributed by atoms with E-state index in [0.717, 1.165) is 11.3 Å². The van der Waals surface area contributed by atoms with Gasteiger partial charge in [0.25, 0.3) is 0 Å². The van der Waals surface area contributed by atoms with Gasteiger partial charge in [-0.05, 0) is 35.4 Å². The van der Waals surface area contributed by atoms with Gasteiger partial charge in [-0.25, -0.2) is 0 Å². The van der Waals surface area contributed by atoms with Crippen LogP contribution in [0.2, 0.25) is 0 Å². The van der Waals surface area contributed by atoms with Crippen molar-refractivity contribution in [2.45, 2.75) is 32.7 Å². The molecule has 0 saturated heterocycles. The molecule has 2 rings (SSSR count). The largest absolute Gasteiger partial charge is 0.399 e. The molecular formula is C17H22N2OS. The first-order chi connectivity index (χ1) is 10.1. The van der Waals surface area contributed by atoms with E-state index < -0.39 is 0 Å². The van der Waals surface area contributed by atoms with E-state index >= 15 is 0 Å². The molecule has 0 aliphatic rings. The lowest BCUT2D eigenvalue weighted by molar-refractivity contribution is -0.122. The monoisotopic (exact) mass is 302 g/mol. The summed E-state index contributed by atoms with van der Waals surface area (Å²) < 4.78 is 0. The number of carbonyl (C=O) groups is 1. The van der Waals surface area contributed by atoms with Crippen LogP contribution >= 0.6 is 11.3 Å². The summed E-state index contributed by atoms with van der Waals surface area (Å²) in [5.41, 5.74) is 7.69. The summed E-state index contributed by atoms with van der Waals surface area (Å²) in [7, 11) is 0. The Bertz CT molecular complexity index is 578. The summed E-state index contributed by atoms with van der Waals surface area (Å²) in [5.74, 6) is 0.444. The van der Waals surface area contributed by atoms with Crippen LogP contribution in [0.15, 0.2) is 41.8 Å². The van der Waals surface area contributed by atoms with Crippen LogP contribution in [-0.4, -0.2) is 5.91 Å². The molecule has 0 bridgehead atoms. The molecule has 3 nitrogen and oxygen atoms in total. The highest BCUT2D eigenvalue weighted by molar-refractivity contribution is 7.10. The third-order valence-corrected chi connectivity index (χ3v) is 4.46. The van der Waals surface area contributed by atoms with Gasteiger partial charge in [0.1, 0.15) is 0 Å². The minimum Gasteiger partial charge on any atom is -0.399 e. The maximum Gasteiger partial charge on any atom is 0.220 e. The van der Waals surface area contributed by atoms with Crippen LogP contribution in [0.3, 0.4) is 0 Å². The lowest BCUT2D eigenvalue weighted by Gasteiger charge is -2.21. The number of benzene rings is 1. The van der Waals surface area contributed by atoms with Gasteiger partial charge in [0.2, 0.25) is 5.91 Å². The fraction of sp³-hybridized carbons (Fsp3) is 0.353. The van der Waals surface area contributed by atoms with Gasteiger partial charge >= 0.3 is 0 Å². The van der Waals surface area contributed by atoms with Crippen molar-refractivity contribution in [1.82, 2.24) is 5.32 Å². The standard InChI is InChI=1S/C17H22N2OS/c1-12(2)17(15-8-5-11-21-15)19-16(20)10-9-13-6-3-4-7-14(13)18/h3-8,11-12,17H,9-10,18H2,1-2H3,(H,19,20). The van der Waals surface area contributed by atoms with E-state index in [1.807, 2.05) is 35.7 Å². The number of aryl methyl sites for hydroxylation is 1. The van der Waals surface area contributed by atoms with Crippen molar-refractivity contribution in [3.8, 4) is 0 Å². The molecule has 0 spiro atoms. The summed E-state index contributed by atoms with van der Waals surface area (Å²) in [4.78, 5) is 13.4. The van der Waals surface area contributed by atoms with E-state index in [2.05, 4.69) is 25.2 Å². The van der Waals surface area contributed by atoms with Crippen molar-refractivity contribution in [2.75, 3.05) is 5.73 Å². The predicted octanol–water partition coefficient (Wildman–Crippen LogP) is 3.78. The average molecular weight is 302 g/mol. The maximum absolute atomic E-state index is 12.2. The van der Waals surface area contributed by atoms with Gasteiger partial charge < -0.3 is 11.1 Å². The van der Waals surface area contributed by atoms with Crippen LogP contribution < -0.4 is 11.1 Å². The first-order valence-electron chi connectivity index (χ1n) is 7.24. The molecule has 1 atom stereocenters. The quantitative estimate of drug-likeness (QED) is 0.798. The molecule has 3 N–H and O–H groups in total. The smallest absolute Gasteiger partial charge is 0.220 e. The molecule has 0 saturated carbocycles. The molecule has 1 unspecified atom stereocenters. The summed E-state index contributed by atoms with van der Waals surface area (Å²) in [6.07, 6.45) is 1.14. The molecule has 112 valence electrons. The Morgan fingerprint density at radius 1 is 1.24 bits per heavy atom. The third-order valence-electron chi connectivity index (χ3n) is 3.51. The van der Waals surface area contributed by atoms with E-state index in [1.54, 1.807) is 11.3 Å². The van der Waals surface area contributed by atoms with Crippen molar-refractivity contribution in [3.05, 3.63) is 52.2 Å². The van der Waals surface area contributed by atoms with Gasteiger partial charge in [0, 0.05) is 17.0 Å². The van der Waals surface area contributed by atoms with E-state index in [0.29, 0.717) is 18.8 Å². The first-order valence-corrected chi connectivity index (χ1v) is 8.12. The van der Waals surface area contributed by atoms with Crippen LogP contribution in [0.1, 0.15) is 36.8 Å². The molecule has 0 fully saturated rings. The fourth-order valence-electron chi connectivity index (χ4n) is 2.29. The Balaban J connectivity index is 1.93. The highest BCUT2D eigenvalue weighted by Crippen LogP contribution is 2.26. The molecule has 4 heteroatoms. The molecule has 0 radical (unpaired) electrons. The summed E-state index contributed by atoms with van der Waals surface area (Å²) in [5, 5.41) is 5.18. The van der Waals surface area contributed by atoms with Crippen molar-refractivity contribution in [1.29, 1.82) is 0 Å².